The van der Waals surface area contributed by atoms with E-state index in [1.54, 1.807) is 6.20 Å². The highest BCUT2D eigenvalue weighted by Crippen LogP contribution is 2.16. The van der Waals surface area contributed by atoms with Crippen molar-refractivity contribution in [3.05, 3.63) is 42.1 Å². The summed E-state index contributed by atoms with van der Waals surface area (Å²) in [6, 6.07) is 9.29. The van der Waals surface area contributed by atoms with E-state index in [1.807, 2.05) is 30.3 Å². The topological polar surface area (TPSA) is 62.2 Å². The fourth-order valence-corrected chi connectivity index (χ4v) is 2.27. The Hall–Kier alpha value is -1.94. The average Bonchev–Trinajstić information content (AvgIpc) is 2.50. The van der Waals surface area contributed by atoms with Crippen molar-refractivity contribution in [1.29, 1.82) is 0 Å². The molecule has 2 aromatic rings. The molecular formula is C16H20N2O2. The Morgan fingerprint density at radius 3 is 2.95 bits per heavy atom. The van der Waals surface area contributed by atoms with Crippen molar-refractivity contribution in [2.45, 2.75) is 19.8 Å². The summed E-state index contributed by atoms with van der Waals surface area (Å²) in [5.41, 5.74) is 1.47. The fourth-order valence-electron chi connectivity index (χ4n) is 2.27. The first kappa shape index (κ1) is 14.5. The first-order valence-electron chi connectivity index (χ1n) is 6.99. The van der Waals surface area contributed by atoms with Crippen molar-refractivity contribution in [3.8, 4) is 0 Å². The van der Waals surface area contributed by atoms with Crippen LogP contribution in [0.2, 0.25) is 0 Å². The van der Waals surface area contributed by atoms with Gasteiger partial charge in [-0.3, -0.25) is 9.78 Å². The molecule has 2 rings (SSSR count). The van der Waals surface area contributed by atoms with Crippen molar-refractivity contribution in [2.24, 2.45) is 5.92 Å². The van der Waals surface area contributed by atoms with Crippen molar-refractivity contribution in [1.82, 2.24) is 10.3 Å². The highest BCUT2D eigenvalue weighted by Gasteiger charge is 2.12. The molecular weight excluding hydrogens is 252 g/mol. The summed E-state index contributed by atoms with van der Waals surface area (Å²) < 4.78 is 0. The number of hydrogen-bond acceptors (Lipinski definition) is 3. The second-order valence-corrected chi connectivity index (χ2v) is 4.87. The number of aliphatic hydroxyl groups excluding tert-OH is 1. The molecule has 1 amide bonds. The largest absolute Gasteiger partial charge is 0.396 e. The van der Waals surface area contributed by atoms with Crippen molar-refractivity contribution < 1.29 is 9.90 Å². The van der Waals surface area contributed by atoms with Gasteiger partial charge in [-0.1, -0.05) is 25.5 Å². The molecule has 106 valence electrons. The number of carbonyl (C=O) groups excluding carboxylic acids is 1. The van der Waals surface area contributed by atoms with Crippen LogP contribution >= 0.6 is 0 Å². The molecule has 20 heavy (non-hydrogen) atoms. The Morgan fingerprint density at radius 1 is 1.35 bits per heavy atom. The van der Waals surface area contributed by atoms with Crippen LogP contribution in [0.3, 0.4) is 0 Å². The van der Waals surface area contributed by atoms with Crippen molar-refractivity contribution in [3.63, 3.8) is 0 Å². The van der Waals surface area contributed by atoms with E-state index in [0.29, 0.717) is 24.4 Å². The summed E-state index contributed by atoms with van der Waals surface area (Å²) in [4.78, 5) is 16.5. The minimum atomic E-state index is -0.0833. The molecule has 1 aromatic heterocycles. The lowest BCUT2D eigenvalue weighted by Gasteiger charge is -2.14. The zero-order valence-corrected chi connectivity index (χ0v) is 11.7. The van der Waals surface area contributed by atoms with Gasteiger partial charge in [0.25, 0.3) is 5.91 Å². The Bertz CT molecular complexity index is 578. The number of carbonyl (C=O) groups is 1. The summed E-state index contributed by atoms with van der Waals surface area (Å²) >= 11 is 0. The highest BCUT2D eigenvalue weighted by atomic mass is 16.3. The summed E-state index contributed by atoms with van der Waals surface area (Å²) in [5.74, 6) is 0.233. The van der Waals surface area contributed by atoms with Crippen LogP contribution < -0.4 is 5.32 Å². The Balaban J connectivity index is 2.11. The summed E-state index contributed by atoms with van der Waals surface area (Å²) in [7, 11) is 0. The van der Waals surface area contributed by atoms with E-state index in [2.05, 4.69) is 17.2 Å². The lowest BCUT2D eigenvalue weighted by atomic mass is 10.0. The predicted molar refractivity (Wildman–Crippen MR) is 79.6 cm³/mol. The molecule has 4 nitrogen and oxygen atoms in total. The van der Waals surface area contributed by atoms with Gasteiger partial charge in [-0.15, -0.1) is 0 Å². The second-order valence-electron chi connectivity index (χ2n) is 4.87. The van der Waals surface area contributed by atoms with Crippen LogP contribution in [0.1, 0.15) is 30.1 Å². The summed E-state index contributed by atoms with van der Waals surface area (Å²) in [6.07, 6.45) is 3.38. The van der Waals surface area contributed by atoms with E-state index in [-0.39, 0.29) is 12.5 Å². The number of aromatic nitrogens is 1. The number of benzene rings is 1. The normalized spacial score (nSPS) is 12.3. The van der Waals surface area contributed by atoms with Crippen LogP contribution in [0.5, 0.6) is 0 Å². The number of pyridine rings is 1. The van der Waals surface area contributed by atoms with Gasteiger partial charge in [-0.25, -0.2) is 0 Å². The number of amides is 1. The molecule has 0 radical (unpaired) electrons. The van der Waals surface area contributed by atoms with Crippen LogP contribution in [-0.2, 0) is 0 Å². The maximum atomic E-state index is 12.3. The SMILES string of the molecule is CCC(CCO)CNC(=O)c1cccc2ncccc12. The van der Waals surface area contributed by atoms with Crippen LogP contribution in [-0.4, -0.2) is 29.1 Å². The van der Waals surface area contributed by atoms with Gasteiger partial charge in [-0.2, -0.15) is 0 Å². The summed E-state index contributed by atoms with van der Waals surface area (Å²) in [5, 5.41) is 12.8. The minimum Gasteiger partial charge on any atom is -0.396 e. The minimum absolute atomic E-state index is 0.0833. The zero-order chi connectivity index (χ0) is 14.4. The quantitative estimate of drug-likeness (QED) is 0.848. The van der Waals surface area contributed by atoms with E-state index >= 15 is 0 Å². The molecule has 1 aromatic carbocycles. The molecule has 1 unspecified atom stereocenters. The number of hydrogen-bond donors (Lipinski definition) is 2. The van der Waals surface area contributed by atoms with E-state index < -0.39 is 0 Å². The van der Waals surface area contributed by atoms with Crippen LogP contribution in [0.15, 0.2) is 36.5 Å². The standard InChI is InChI=1S/C16H20N2O2/c1-2-12(8-10-19)11-18-16(20)14-5-3-7-15-13(14)6-4-9-17-15/h3-7,9,12,19H,2,8,10-11H2,1H3,(H,18,20). The number of fused-ring (bicyclic) bond motifs is 1. The number of nitrogens with zero attached hydrogens (tertiary/aromatic N) is 1. The van der Waals surface area contributed by atoms with Gasteiger partial charge in [0.15, 0.2) is 0 Å². The average molecular weight is 272 g/mol. The van der Waals surface area contributed by atoms with Gasteiger partial charge >= 0.3 is 0 Å². The Kier molecular flexibility index (Phi) is 5.07. The maximum Gasteiger partial charge on any atom is 0.251 e. The molecule has 1 heterocycles. The third kappa shape index (κ3) is 3.33. The lowest BCUT2D eigenvalue weighted by molar-refractivity contribution is 0.0945. The molecule has 0 aliphatic rings. The number of nitrogens with one attached hydrogen (secondary N) is 1. The van der Waals surface area contributed by atoms with Crippen molar-refractivity contribution >= 4 is 16.8 Å². The molecule has 0 bridgehead atoms. The van der Waals surface area contributed by atoms with Gasteiger partial charge in [0.05, 0.1) is 5.52 Å². The number of aliphatic hydroxyl groups is 1. The lowest BCUT2D eigenvalue weighted by Crippen LogP contribution is -2.29. The number of rotatable bonds is 6. The molecule has 4 heteroatoms. The van der Waals surface area contributed by atoms with Crippen molar-refractivity contribution in [2.75, 3.05) is 13.2 Å². The van der Waals surface area contributed by atoms with E-state index in [4.69, 9.17) is 5.11 Å². The molecule has 0 aliphatic heterocycles. The zero-order valence-electron chi connectivity index (χ0n) is 11.7. The molecule has 1 atom stereocenters. The molecule has 0 spiro atoms. The third-order valence-electron chi connectivity index (χ3n) is 3.56. The second kappa shape index (κ2) is 7.01. The molecule has 0 fully saturated rings. The van der Waals surface area contributed by atoms with Crippen LogP contribution in [0.4, 0.5) is 0 Å². The first-order valence-corrected chi connectivity index (χ1v) is 6.99. The molecule has 2 N–H and O–H groups in total. The smallest absolute Gasteiger partial charge is 0.251 e. The first-order chi connectivity index (χ1) is 9.76. The van der Waals surface area contributed by atoms with E-state index in [1.165, 1.54) is 0 Å². The Morgan fingerprint density at radius 2 is 2.20 bits per heavy atom. The molecule has 0 saturated heterocycles. The maximum absolute atomic E-state index is 12.3. The molecule has 0 aliphatic carbocycles. The van der Waals surface area contributed by atoms with Gasteiger partial charge in [0.2, 0.25) is 0 Å². The van der Waals surface area contributed by atoms with E-state index in [0.717, 1.165) is 17.3 Å². The van der Waals surface area contributed by atoms with Gasteiger partial charge in [0, 0.05) is 30.3 Å². The highest BCUT2D eigenvalue weighted by molar-refractivity contribution is 6.06. The van der Waals surface area contributed by atoms with Gasteiger partial charge in [0.1, 0.15) is 0 Å². The van der Waals surface area contributed by atoms with Crippen LogP contribution in [0.25, 0.3) is 10.9 Å². The fraction of sp³-hybridized carbons (Fsp3) is 0.375. The van der Waals surface area contributed by atoms with Crippen LogP contribution in [0, 0.1) is 5.92 Å². The Labute approximate surface area is 118 Å². The van der Waals surface area contributed by atoms with Gasteiger partial charge in [-0.05, 0) is 30.5 Å². The monoisotopic (exact) mass is 272 g/mol. The summed E-state index contributed by atoms with van der Waals surface area (Å²) in [6.45, 7) is 2.81. The third-order valence-corrected chi connectivity index (χ3v) is 3.56. The predicted octanol–water partition coefficient (Wildman–Crippen LogP) is 2.37. The van der Waals surface area contributed by atoms with Gasteiger partial charge < -0.3 is 10.4 Å². The van der Waals surface area contributed by atoms with E-state index in [9.17, 15) is 4.79 Å². The molecule has 0 saturated carbocycles.